The first-order valence-corrected chi connectivity index (χ1v) is 9.11. The van der Waals surface area contributed by atoms with Crippen LogP contribution in [-0.2, 0) is 0 Å². The molecule has 0 radical (unpaired) electrons. The van der Waals surface area contributed by atoms with Crippen molar-refractivity contribution in [2.45, 2.75) is 17.1 Å². The molecule has 2 rings (SSSR count). The molecule has 0 fully saturated rings. The van der Waals surface area contributed by atoms with E-state index in [0.29, 0.717) is 29.9 Å². The number of rotatable bonds is 6. The van der Waals surface area contributed by atoms with Crippen LogP contribution in [0.2, 0.25) is 10.6 Å². The van der Waals surface area contributed by atoms with Gasteiger partial charge in [0, 0.05) is 0 Å². The van der Waals surface area contributed by atoms with Gasteiger partial charge in [-0.1, -0.05) is 0 Å². The van der Waals surface area contributed by atoms with E-state index >= 15 is 0 Å². The van der Waals surface area contributed by atoms with Gasteiger partial charge in [0.15, 0.2) is 0 Å². The van der Waals surface area contributed by atoms with Crippen LogP contribution in [0.3, 0.4) is 0 Å². The summed E-state index contributed by atoms with van der Waals surface area (Å²) >= 11 is 1.30. The fraction of sp³-hybridized carbons (Fsp3) is 0.231. The van der Waals surface area contributed by atoms with E-state index in [9.17, 15) is 0 Å². The molecule has 0 atom stereocenters. The fourth-order valence-corrected chi connectivity index (χ4v) is 5.66. The topological polar surface area (TPSA) is 0 Å². The Balaban J connectivity index is 1.56. The molecule has 0 aliphatic heterocycles. The molecule has 0 unspecified atom stereocenters. The van der Waals surface area contributed by atoms with Gasteiger partial charge in [-0.2, -0.15) is 0 Å². The summed E-state index contributed by atoms with van der Waals surface area (Å²) in [6.45, 7) is 0. The Labute approximate surface area is 104 Å². The van der Waals surface area contributed by atoms with E-state index in [1.807, 2.05) is 12.2 Å². The van der Waals surface area contributed by atoms with Crippen LogP contribution in [0, 0.1) is 0 Å². The molecule has 0 N–H and O–H groups in total. The van der Waals surface area contributed by atoms with Gasteiger partial charge in [0.05, 0.1) is 0 Å². The van der Waals surface area contributed by atoms with Gasteiger partial charge in [0.25, 0.3) is 0 Å². The van der Waals surface area contributed by atoms with Gasteiger partial charge in [-0.3, -0.25) is 0 Å². The number of hydrogen-bond acceptors (Lipinski definition) is 0. The van der Waals surface area contributed by atoms with E-state index in [4.69, 9.17) is 0 Å². The predicted molar refractivity (Wildman–Crippen MR) is 67.2 cm³/mol. The van der Waals surface area contributed by atoms with Crippen LogP contribution in [0.5, 0.6) is 0 Å². The van der Waals surface area contributed by atoms with Crippen LogP contribution in [0.15, 0.2) is 56.9 Å². The Bertz CT molecular complexity index is 372. The van der Waals surface area contributed by atoms with Crippen LogP contribution in [-0.4, -0.2) is 29.9 Å². The summed E-state index contributed by atoms with van der Waals surface area (Å²) in [5.41, 5.74) is 6.54. The normalized spacial score (nSPS) is 16.3. The maximum absolute atomic E-state index is 3.27. The molecule has 2 heteroatoms. The Morgan fingerprint density at radius 1 is 0.867 bits per heavy atom. The van der Waals surface area contributed by atoms with Crippen molar-refractivity contribution in [3.8, 4) is 0 Å². The van der Waals surface area contributed by atoms with Crippen molar-refractivity contribution in [2.24, 2.45) is 0 Å². The molecule has 0 saturated heterocycles. The van der Waals surface area contributed by atoms with Crippen LogP contribution in [0.1, 0.15) is 6.42 Å². The third-order valence-corrected chi connectivity index (χ3v) is 6.38. The van der Waals surface area contributed by atoms with Crippen LogP contribution in [0.4, 0.5) is 0 Å². The van der Waals surface area contributed by atoms with E-state index in [0.717, 1.165) is 0 Å². The molecule has 15 heavy (non-hydrogen) atoms. The summed E-state index contributed by atoms with van der Waals surface area (Å²) < 4.78 is 2.85. The second-order valence-corrected chi connectivity index (χ2v) is 7.89. The summed E-state index contributed by atoms with van der Waals surface area (Å²) in [6.07, 6.45) is 13.9. The summed E-state index contributed by atoms with van der Waals surface area (Å²) in [6, 6.07) is 0. The molecule has 0 aromatic heterocycles. The second-order valence-electron chi connectivity index (χ2n) is 3.12. The Morgan fingerprint density at radius 2 is 1.40 bits per heavy atom. The molecule has 0 aromatic rings. The van der Waals surface area contributed by atoms with Crippen molar-refractivity contribution in [1.82, 2.24) is 0 Å². The molecule has 2 aliphatic rings. The zero-order valence-electron chi connectivity index (χ0n) is 8.40. The Morgan fingerprint density at radius 3 is 1.80 bits per heavy atom. The van der Waals surface area contributed by atoms with Crippen LogP contribution in [0.25, 0.3) is 0 Å². The van der Waals surface area contributed by atoms with Gasteiger partial charge >= 0.3 is 104 Å². The summed E-state index contributed by atoms with van der Waals surface area (Å²) in [5, 5.41) is 2.71. The predicted octanol–water partition coefficient (Wildman–Crippen LogP) is 2.84. The van der Waals surface area contributed by atoms with E-state index in [1.54, 1.807) is 0 Å². The van der Waals surface area contributed by atoms with E-state index < -0.39 is 0 Å². The molecule has 0 amide bonds. The van der Waals surface area contributed by atoms with E-state index in [2.05, 4.69) is 35.8 Å². The molecule has 0 heterocycles. The molecule has 0 bridgehead atoms. The van der Waals surface area contributed by atoms with Crippen molar-refractivity contribution in [2.75, 3.05) is 0 Å². The molecule has 0 spiro atoms. The van der Waals surface area contributed by atoms with Crippen molar-refractivity contribution in [3.05, 3.63) is 56.9 Å². The zero-order chi connectivity index (χ0) is 10.3. The minimum atomic E-state index is 0.648. The average molecular weight is 326 g/mol. The van der Waals surface area contributed by atoms with Crippen LogP contribution >= 0.6 is 0 Å². The standard InChI is InChI=1S/C13H12Se2/c1-2-7-12(6-1)14-10-5-11-15-13-8-3-4-9-13/h1-4,6,8H,5,10-11H2. The van der Waals surface area contributed by atoms with Crippen LogP contribution < -0.4 is 0 Å². The van der Waals surface area contributed by atoms with Gasteiger partial charge in [-0.15, -0.1) is 0 Å². The number of hydrogen-bond donors (Lipinski definition) is 0. The van der Waals surface area contributed by atoms with E-state index in [1.165, 1.54) is 26.0 Å². The van der Waals surface area contributed by atoms with Gasteiger partial charge in [-0.05, 0) is 0 Å². The third-order valence-electron chi connectivity index (χ3n) is 1.94. The van der Waals surface area contributed by atoms with Crippen molar-refractivity contribution in [3.63, 3.8) is 0 Å². The first-order valence-electron chi connectivity index (χ1n) is 4.97. The molecule has 0 nitrogen and oxygen atoms in total. The molecule has 0 saturated carbocycles. The molecular weight excluding hydrogens is 314 g/mol. The quantitative estimate of drug-likeness (QED) is 0.400. The Kier molecular flexibility index (Phi) is 4.58. The van der Waals surface area contributed by atoms with Crippen molar-refractivity contribution in [1.29, 1.82) is 0 Å². The van der Waals surface area contributed by atoms with Crippen molar-refractivity contribution >= 4 is 29.9 Å². The zero-order valence-corrected chi connectivity index (χ0v) is 11.8. The van der Waals surface area contributed by atoms with Gasteiger partial charge in [0.2, 0.25) is 0 Å². The third kappa shape index (κ3) is 3.90. The monoisotopic (exact) mass is 328 g/mol. The Hall–Kier alpha value is -0.441. The van der Waals surface area contributed by atoms with Gasteiger partial charge < -0.3 is 0 Å². The minimum absolute atomic E-state index is 0.648. The summed E-state index contributed by atoms with van der Waals surface area (Å²) in [4.78, 5) is 0. The maximum atomic E-state index is 3.27. The molecule has 0 aromatic carbocycles. The second kappa shape index (κ2) is 6.21. The van der Waals surface area contributed by atoms with E-state index in [-0.39, 0.29) is 0 Å². The SMILES string of the molecule is C1=CC=CC=1[Se]CCC[Se]C1=C=CC=C1. The van der Waals surface area contributed by atoms with Gasteiger partial charge in [-0.25, -0.2) is 0 Å². The summed E-state index contributed by atoms with van der Waals surface area (Å²) in [5.74, 6) is 0. The van der Waals surface area contributed by atoms with Gasteiger partial charge in [0.1, 0.15) is 0 Å². The average Bonchev–Trinajstić information content (AvgIpc) is 2.88. The summed E-state index contributed by atoms with van der Waals surface area (Å²) in [7, 11) is 0. The molecular formula is C13H12Se2. The molecule has 76 valence electrons. The van der Waals surface area contributed by atoms with Crippen molar-refractivity contribution < 1.29 is 0 Å². The molecule has 2 aliphatic carbocycles. The first kappa shape index (κ1) is 11.1. The first-order chi connectivity index (χ1) is 7.45. The number of allylic oxidation sites excluding steroid dienone is 6. The fourth-order valence-electron chi connectivity index (χ4n) is 1.23.